The summed E-state index contributed by atoms with van der Waals surface area (Å²) in [7, 11) is 0. The van der Waals surface area contributed by atoms with E-state index >= 15 is 0 Å². The number of halogens is 1. The lowest BCUT2D eigenvalue weighted by atomic mass is 10.0. The molecule has 2 heteroatoms. The molecule has 0 aromatic heterocycles. The van der Waals surface area contributed by atoms with E-state index in [1.165, 1.54) is 42.3 Å². The lowest BCUT2D eigenvalue weighted by Crippen LogP contribution is -2.24. The molecule has 1 N–H and O–H groups in total. The third kappa shape index (κ3) is 2.33. The topological polar surface area (TPSA) is 12.0 Å². The van der Waals surface area contributed by atoms with Crippen LogP contribution in [0.2, 0.25) is 0 Å². The van der Waals surface area contributed by atoms with Crippen LogP contribution < -0.4 is 5.32 Å². The van der Waals surface area contributed by atoms with Crippen molar-refractivity contribution >= 4 is 15.9 Å². The van der Waals surface area contributed by atoms with E-state index in [2.05, 4.69) is 45.5 Å². The zero-order valence-corrected chi connectivity index (χ0v) is 11.1. The quantitative estimate of drug-likeness (QED) is 0.866. The Hall–Kier alpha value is -0.340. The lowest BCUT2D eigenvalue weighted by Gasteiger charge is -2.15. The molecule has 0 atom stereocenters. The monoisotopic (exact) mass is 279 g/mol. The fourth-order valence-electron chi connectivity index (χ4n) is 2.69. The predicted octanol–water partition coefficient (Wildman–Crippen LogP) is 3.73. The van der Waals surface area contributed by atoms with Crippen LogP contribution in [0.5, 0.6) is 0 Å². The molecule has 0 heterocycles. The van der Waals surface area contributed by atoms with Crippen LogP contribution in [0.15, 0.2) is 28.7 Å². The van der Waals surface area contributed by atoms with Crippen molar-refractivity contribution in [1.29, 1.82) is 0 Å². The molecule has 0 amide bonds. The lowest BCUT2D eigenvalue weighted by molar-refractivity contribution is 0.403. The Balaban J connectivity index is 1.50. The zero-order valence-electron chi connectivity index (χ0n) is 9.51. The number of hydrogen-bond acceptors (Lipinski definition) is 1. The summed E-state index contributed by atoms with van der Waals surface area (Å²) in [6.45, 7) is 2.23. The molecule has 0 unspecified atom stereocenters. The van der Waals surface area contributed by atoms with E-state index in [4.69, 9.17) is 0 Å². The molecule has 16 heavy (non-hydrogen) atoms. The van der Waals surface area contributed by atoms with Gasteiger partial charge in [0.1, 0.15) is 0 Å². The van der Waals surface area contributed by atoms with Gasteiger partial charge in [0.05, 0.1) is 0 Å². The van der Waals surface area contributed by atoms with Crippen LogP contribution in [0.4, 0.5) is 0 Å². The molecule has 0 radical (unpaired) electrons. The second-order valence-electron chi connectivity index (χ2n) is 5.37. The van der Waals surface area contributed by atoms with Crippen molar-refractivity contribution in [1.82, 2.24) is 5.32 Å². The Kier molecular flexibility index (Phi) is 2.80. The van der Waals surface area contributed by atoms with Crippen LogP contribution in [0, 0.1) is 11.3 Å². The van der Waals surface area contributed by atoms with Gasteiger partial charge in [-0.2, -0.15) is 0 Å². The van der Waals surface area contributed by atoms with E-state index in [1.54, 1.807) is 0 Å². The molecular weight excluding hydrogens is 262 g/mol. The van der Waals surface area contributed by atoms with E-state index in [0.29, 0.717) is 5.41 Å². The summed E-state index contributed by atoms with van der Waals surface area (Å²) in [6, 6.07) is 8.57. The number of benzene rings is 1. The maximum absolute atomic E-state index is 3.63. The van der Waals surface area contributed by atoms with E-state index in [-0.39, 0.29) is 0 Å². The Morgan fingerprint density at radius 3 is 2.75 bits per heavy atom. The molecule has 2 fully saturated rings. The molecule has 0 bridgehead atoms. The van der Waals surface area contributed by atoms with Crippen molar-refractivity contribution in [3.05, 3.63) is 34.3 Å². The highest BCUT2D eigenvalue weighted by Gasteiger charge is 2.53. The molecule has 2 aliphatic rings. The van der Waals surface area contributed by atoms with Gasteiger partial charge in [-0.25, -0.2) is 0 Å². The molecule has 0 aliphatic heterocycles. The Morgan fingerprint density at radius 1 is 1.31 bits per heavy atom. The van der Waals surface area contributed by atoms with Gasteiger partial charge in [-0.05, 0) is 54.7 Å². The molecular formula is C14H18BrN. The van der Waals surface area contributed by atoms with Crippen molar-refractivity contribution in [2.45, 2.75) is 32.2 Å². The van der Waals surface area contributed by atoms with Gasteiger partial charge in [-0.1, -0.05) is 28.1 Å². The molecule has 1 nitrogen and oxygen atoms in total. The molecule has 86 valence electrons. The summed E-state index contributed by atoms with van der Waals surface area (Å²) in [4.78, 5) is 0. The van der Waals surface area contributed by atoms with Crippen LogP contribution in [-0.2, 0) is 6.54 Å². The van der Waals surface area contributed by atoms with Gasteiger partial charge in [-0.3, -0.25) is 0 Å². The molecule has 0 saturated heterocycles. The molecule has 2 saturated carbocycles. The van der Waals surface area contributed by atoms with Crippen LogP contribution >= 0.6 is 15.9 Å². The first-order valence-electron chi connectivity index (χ1n) is 6.24. The first kappa shape index (κ1) is 10.8. The van der Waals surface area contributed by atoms with Crippen LogP contribution in [0.25, 0.3) is 0 Å². The molecule has 1 aromatic rings. The summed E-state index contributed by atoms with van der Waals surface area (Å²) in [6.07, 6.45) is 5.89. The average molecular weight is 280 g/mol. The van der Waals surface area contributed by atoms with Crippen LogP contribution in [0.3, 0.4) is 0 Å². The Bertz CT molecular complexity index is 380. The Labute approximate surface area is 106 Å². The third-order valence-electron chi connectivity index (χ3n) is 4.03. The van der Waals surface area contributed by atoms with Gasteiger partial charge >= 0.3 is 0 Å². The fraction of sp³-hybridized carbons (Fsp3) is 0.571. The molecule has 2 aliphatic carbocycles. The maximum atomic E-state index is 3.63. The summed E-state index contributed by atoms with van der Waals surface area (Å²) >= 11 is 3.51. The summed E-state index contributed by atoms with van der Waals surface area (Å²) in [5, 5.41) is 3.63. The summed E-state index contributed by atoms with van der Waals surface area (Å²) < 4.78 is 1.18. The minimum atomic E-state index is 0.714. The summed E-state index contributed by atoms with van der Waals surface area (Å²) in [5.74, 6) is 1.06. The van der Waals surface area contributed by atoms with Gasteiger partial charge < -0.3 is 5.32 Å². The van der Waals surface area contributed by atoms with Crippen molar-refractivity contribution in [2.75, 3.05) is 6.54 Å². The predicted molar refractivity (Wildman–Crippen MR) is 70.2 cm³/mol. The highest BCUT2D eigenvalue weighted by Crippen LogP contribution is 2.60. The average Bonchev–Trinajstić information content (AvgIpc) is 3.13. The first-order valence-corrected chi connectivity index (χ1v) is 7.03. The zero-order chi connectivity index (χ0) is 11.0. The van der Waals surface area contributed by atoms with Crippen molar-refractivity contribution < 1.29 is 0 Å². The fourth-order valence-corrected chi connectivity index (χ4v) is 3.13. The first-order chi connectivity index (χ1) is 7.78. The maximum Gasteiger partial charge on any atom is 0.0206 e. The minimum absolute atomic E-state index is 0.714. The minimum Gasteiger partial charge on any atom is -0.312 e. The number of nitrogens with one attached hydrogen (secondary N) is 1. The van der Waals surface area contributed by atoms with E-state index in [0.717, 1.165) is 12.5 Å². The molecule has 3 rings (SSSR count). The highest BCUT2D eigenvalue weighted by molar-refractivity contribution is 9.10. The standard InChI is InChI=1S/C14H18BrN/c15-13-3-1-2-11(8-13)9-16-10-14(6-7-14)12-4-5-12/h1-3,8,12,16H,4-7,9-10H2. The van der Waals surface area contributed by atoms with Gasteiger partial charge in [0, 0.05) is 17.6 Å². The number of rotatable bonds is 5. The van der Waals surface area contributed by atoms with Crippen molar-refractivity contribution in [3.63, 3.8) is 0 Å². The largest absolute Gasteiger partial charge is 0.312 e. The molecule has 0 spiro atoms. The number of hydrogen-bond donors (Lipinski definition) is 1. The van der Waals surface area contributed by atoms with E-state index in [9.17, 15) is 0 Å². The third-order valence-corrected chi connectivity index (χ3v) is 4.52. The van der Waals surface area contributed by atoms with Crippen LogP contribution in [-0.4, -0.2) is 6.54 Å². The van der Waals surface area contributed by atoms with Gasteiger partial charge in [0.25, 0.3) is 0 Å². The normalized spacial score (nSPS) is 22.1. The van der Waals surface area contributed by atoms with Gasteiger partial charge in [-0.15, -0.1) is 0 Å². The molecule has 1 aromatic carbocycles. The van der Waals surface area contributed by atoms with Crippen LogP contribution in [0.1, 0.15) is 31.2 Å². The highest BCUT2D eigenvalue weighted by atomic mass is 79.9. The van der Waals surface area contributed by atoms with E-state index < -0.39 is 0 Å². The van der Waals surface area contributed by atoms with Gasteiger partial charge in [0.15, 0.2) is 0 Å². The second kappa shape index (κ2) is 4.15. The smallest absolute Gasteiger partial charge is 0.0206 e. The van der Waals surface area contributed by atoms with E-state index in [1.807, 2.05) is 0 Å². The summed E-state index contributed by atoms with van der Waals surface area (Å²) in [5.41, 5.74) is 2.09. The van der Waals surface area contributed by atoms with Gasteiger partial charge in [0.2, 0.25) is 0 Å². The SMILES string of the molecule is Brc1cccc(CNCC2(C3CC3)CC2)c1. The van der Waals surface area contributed by atoms with Crippen molar-refractivity contribution in [3.8, 4) is 0 Å². The van der Waals surface area contributed by atoms with Crippen molar-refractivity contribution in [2.24, 2.45) is 11.3 Å². The Morgan fingerprint density at radius 2 is 2.12 bits per heavy atom. The second-order valence-corrected chi connectivity index (χ2v) is 6.29.